The van der Waals surface area contributed by atoms with Crippen molar-refractivity contribution in [2.24, 2.45) is 5.92 Å². The molecule has 0 bridgehead atoms. The average Bonchev–Trinajstić information content (AvgIpc) is 2.66. The van der Waals surface area contributed by atoms with Gasteiger partial charge in [0.25, 0.3) is 0 Å². The van der Waals surface area contributed by atoms with Crippen LogP contribution in [0.15, 0.2) is 6.20 Å². The molecular weight excluding hydrogens is 243 g/mol. The summed E-state index contributed by atoms with van der Waals surface area (Å²) in [6.45, 7) is 6.72. The lowest BCUT2D eigenvalue weighted by atomic mass is 9.98. The SMILES string of the molecule is CCNc1ncc(F)c(N2CCCC(CC)CC2)n1. The van der Waals surface area contributed by atoms with Gasteiger partial charge in [0, 0.05) is 19.6 Å². The number of halogens is 1. The highest BCUT2D eigenvalue weighted by molar-refractivity contribution is 5.44. The van der Waals surface area contributed by atoms with E-state index in [0.29, 0.717) is 11.8 Å². The summed E-state index contributed by atoms with van der Waals surface area (Å²) < 4.78 is 13.9. The Morgan fingerprint density at radius 1 is 1.37 bits per heavy atom. The Kier molecular flexibility index (Phi) is 4.93. The molecule has 1 aliphatic heterocycles. The summed E-state index contributed by atoms with van der Waals surface area (Å²) in [5.74, 6) is 1.40. The first-order valence-corrected chi connectivity index (χ1v) is 7.26. The Bertz CT molecular complexity index is 410. The summed E-state index contributed by atoms with van der Waals surface area (Å²) in [6, 6.07) is 0. The van der Waals surface area contributed by atoms with Gasteiger partial charge in [0.05, 0.1) is 6.20 Å². The quantitative estimate of drug-likeness (QED) is 0.909. The molecule has 2 heterocycles. The molecule has 0 radical (unpaired) electrons. The van der Waals surface area contributed by atoms with Crippen molar-refractivity contribution in [3.63, 3.8) is 0 Å². The third-order valence-electron chi connectivity index (χ3n) is 3.79. The summed E-state index contributed by atoms with van der Waals surface area (Å²) in [6.07, 6.45) is 5.94. The van der Waals surface area contributed by atoms with Crippen molar-refractivity contribution in [1.29, 1.82) is 0 Å². The van der Waals surface area contributed by atoms with Crippen LogP contribution >= 0.6 is 0 Å². The minimum Gasteiger partial charge on any atom is -0.354 e. The van der Waals surface area contributed by atoms with Crippen LogP contribution in [0, 0.1) is 11.7 Å². The number of nitrogens with one attached hydrogen (secondary N) is 1. The number of hydrogen-bond acceptors (Lipinski definition) is 4. The van der Waals surface area contributed by atoms with Gasteiger partial charge in [-0.3, -0.25) is 0 Å². The summed E-state index contributed by atoms with van der Waals surface area (Å²) in [4.78, 5) is 10.3. The van der Waals surface area contributed by atoms with E-state index in [9.17, 15) is 4.39 Å². The molecule has 0 aromatic carbocycles. The van der Waals surface area contributed by atoms with Crippen molar-refractivity contribution in [2.45, 2.75) is 39.5 Å². The van der Waals surface area contributed by atoms with Gasteiger partial charge in [-0.25, -0.2) is 9.37 Å². The van der Waals surface area contributed by atoms with Crippen LogP contribution in [0.25, 0.3) is 0 Å². The summed E-state index contributed by atoms with van der Waals surface area (Å²) in [5.41, 5.74) is 0. The molecule has 19 heavy (non-hydrogen) atoms. The van der Waals surface area contributed by atoms with Gasteiger partial charge in [0.1, 0.15) is 0 Å². The van der Waals surface area contributed by atoms with Gasteiger partial charge in [0.2, 0.25) is 5.95 Å². The van der Waals surface area contributed by atoms with Gasteiger partial charge < -0.3 is 10.2 Å². The number of nitrogens with zero attached hydrogens (tertiary/aromatic N) is 3. The number of anilines is 2. The van der Waals surface area contributed by atoms with E-state index in [1.54, 1.807) is 0 Å². The summed E-state index contributed by atoms with van der Waals surface area (Å²) >= 11 is 0. The highest BCUT2D eigenvalue weighted by atomic mass is 19.1. The molecule has 1 N–H and O–H groups in total. The van der Waals surface area contributed by atoms with Crippen molar-refractivity contribution in [3.8, 4) is 0 Å². The Balaban J connectivity index is 2.13. The standard InChI is InChI=1S/C14H23FN4/c1-3-11-6-5-8-19(9-7-11)13-12(15)10-17-14(18-13)16-4-2/h10-11H,3-9H2,1-2H3,(H,16,17,18). The van der Waals surface area contributed by atoms with Gasteiger partial charge in [-0.1, -0.05) is 13.3 Å². The molecule has 1 unspecified atom stereocenters. The molecule has 1 aromatic heterocycles. The molecule has 1 saturated heterocycles. The smallest absolute Gasteiger partial charge is 0.224 e. The molecule has 0 spiro atoms. The van der Waals surface area contributed by atoms with Crippen molar-refractivity contribution >= 4 is 11.8 Å². The number of rotatable bonds is 4. The topological polar surface area (TPSA) is 41.1 Å². The molecule has 0 amide bonds. The maximum Gasteiger partial charge on any atom is 0.224 e. The predicted molar refractivity (Wildman–Crippen MR) is 76.0 cm³/mol. The Hall–Kier alpha value is -1.39. The van der Waals surface area contributed by atoms with Gasteiger partial charge in [-0.05, 0) is 32.1 Å². The van der Waals surface area contributed by atoms with Crippen LogP contribution in [0.1, 0.15) is 39.5 Å². The first-order valence-electron chi connectivity index (χ1n) is 7.26. The van der Waals surface area contributed by atoms with Crippen LogP contribution in [0.2, 0.25) is 0 Å². The first-order chi connectivity index (χ1) is 9.24. The number of aromatic nitrogens is 2. The van der Waals surface area contributed by atoms with Crippen LogP contribution < -0.4 is 10.2 Å². The van der Waals surface area contributed by atoms with Crippen LogP contribution in [0.5, 0.6) is 0 Å². The second-order valence-electron chi connectivity index (χ2n) is 5.09. The zero-order chi connectivity index (χ0) is 13.7. The Morgan fingerprint density at radius 2 is 2.21 bits per heavy atom. The van der Waals surface area contributed by atoms with Gasteiger partial charge >= 0.3 is 0 Å². The zero-order valence-corrected chi connectivity index (χ0v) is 11.8. The lowest BCUT2D eigenvalue weighted by Crippen LogP contribution is -2.27. The first kappa shape index (κ1) is 14.0. The molecular formula is C14H23FN4. The molecule has 4 nitrogen and oxygen atoms in total. The lowest BCUT2D eigenvalue weighted by Gasteiger charge is -2.22. The van der Waals surface area contributed by atoms with Gasteiger partial charge in [0.15, 0.2) is 11.6 Å². The fraction of sp³-hybridized carbons (Fsp3) is 0.714. The van der Waals surface area contributed by atoms with E-state index in [2.05, 4.69) is 27.1 Å². The maximum atomic E-state index is 13.9. The van der Waals surface area contributed by atoms with Crippen molar-refractivity contribution in [2.75, 3.05) is 29.9 Å². The second kappa shape index (κ2) is 6.68. The molecule has 1 aliphatic rings. The molecule has 1 aromatic rings. The molecule has 0 saturated carbocycles. The van der Waals surface area contributed by atoms with E-state index in [0.717, 1.165) is 38.4 Å². The minimum absolute atomic E-state index is 0.323. The fourth-order valence-corrected chi connectivity index (χ4v) is 2.61. The molecule has 1 atom stereocenters. The maximum absolute atomic E-state index is 13.9. The predicted octanol–water partition coefficient (Wildman–Crippen LogP) is 3.06. The van der Waals surface area contributed by atoms with Crippen molar-refractivity contribution in [3.05, 3.63) is 12.0 Å². The summed E-state index contributed by atoms with van der Waals surface area (Å²) in [7, 11) is 0. The van der Waals surface area contributed by atoms with E-state index < -0.39 is 0 Å². The van der Waals surface area contributed by atoms with Crippen LogP contribution in [-0.4, -0.2) is 29.6 Å². The lowest BCUT2D eigenvalue weighted by molar-refractivity contribution is 0.459. The molecule has 1 fully saturated rings. The van der Waals surface area contributed by atoms with Crippen LogP contribution in [0.4, 0.5) is 16.2 Å². The minimum atomic E-state index is -0.323. The monoisotopic (exact) mass is 266 g/mol. The van der Waals surface area contributed by atoms with E-state index >= 15 is 0 Å². The molecule has 5 heteroatoms. The third-order valence-corrected chi connectivity index (χ3v) is 3.79. The highest BCUT2D eigenvalue weighted by Crippen LogP contribution is 2.25. The Morgan fingerprint density at radius 3 is 2.95 bits per heavy atom. The van der Waals surface area contributed by atoms with Gasteiger partial charge in [-0.2, -0.15) is 4.98 Å². The molecule has 0 aliphatic carbocycles. The average molecular weight is 266 g/mol. The van der Waals surface area contributed by atoms with Crippen molar-refractivity contribution in [1.82, 2.24) is 9.97 Å². The number of hydrogen-bond donors (Lipinski definition) is 1. The molecule has 106 valence electrons. The zero-order valence-electron chi connectivity index (χ0n) is 11.8. The van der Waals surface area contributed by atoms with E-state index in [4.69, 9.17) is 0 Å². The second-order valence-corrected chi connectivity index (χ2v) is 5.09. The van der Waals surface area contributed by atoms with E-state index in [1.807, 2.05) is 6.92 Å². The fourth-order valence-electron chi connectivity index (χ4n) is 2.61. The Labute approximate surface area is 114 Å². The normalized spacial score (nSPS) is 20.2. The molecule has 2 rings (SSSR count). The van der Waals surface area contributed by atoms with Crippen LogP contribution in [-0.2, 0) is 0 Å². The largest absolute Gasteiger partial charge is 0.354 e. The van der Waals surface area contributed by atoms with Gasteiger partial charge in [-0.15, -0.1) is 0 Å². The van der Waals surface area contributed by atoms with Crippen molar-refractivity contribution < 1.29 is 4.39 Å². The van der Waals surface area contributed by atoms with E-state index in [1.165, 1.54) is 19.0 Å². The summed E-state index contributed by atoms with van der Waals surface area (Å²) in [5, 5.41) is 3.03. The van der Waals surface area contributed by atoms with Crippen LogP contribution in [0.3, 0.4) is 0 Å². The highest BCUT2D eigenvalue weighted by Gasteiger charge is 2.20. The van der Waals surface area contributed by atoms with E-state index in [-0.39, 0.29) is 5.82 Å². The third kappa shape index (κ3) is 3.55.